The fourth-order valence-electron chi connectivity index (χ4n) is 3.21. The molecule has 0 spiro atoms. The first kappa shape index (κ1) is 16.5. The third-order valence-electron chi connectivity index (χ3n) is 4.44. The number of benzene rings is 1. The molecule has 0 unspecified atom stereocenters. The molecule has 0 atom stereocenters. The van der Waals surface area contributed by atoms with Crippen LogP contribution >= 0.6 is 23.6 Å². The summed E-state index contributed by atoms with van der Waals surface area (Å²) < 4.78 is 10.2. The van der Waals surface area contributed by atoms with Crippen molar-refractivity contribution in [2.24, 2.45) is 0 Å². The molecule has 0 saturated carbocycles. The quantitative estimate of drug-likeness (QED) is 0.629. The lowest BCUT2D eigenvalue weighted by Gasteiger charge is -2.14. The molecule has 1 aromatic carbocycles. The van der Waals surface area contributed by atoms with E-state index in [1.807, 2.05) is 39.6 Å². The van der Waals surface area contributed by atoms with E-state index in [4.69, 9.17) is 22.1 Å². The molecule has 3 heterocycles. The van der Waals surface area contributed by atoms with Gasteiger partial charge < -0.3 is 4.74 Å². The summed E-state index contributed by atoms with van der Waals surface area (Å²) in [5.41, 5.74) is 0.922. The molecule has 4 rings (SSSR count). The number of para-hydroxylation sites is 2. The number of hydrogen-bond acceptors (Lipinski definition) is 5. The smallest absolute Gasteiger partial charge is 0.204 e. The van der Waals surface area contributed by atoms with E-state index >= 15 is 0 Å². The highest BCUT2D eigenvalue weighted by Gasteiger charge is 2.20. The molecular formula is C18H20N4OS2. The number of nitrogens with zero attached hydrogens (tertiary/aromatic N) is 4. The zero-order chi connectivity index (χ0) is 17.2. The SMILES string of the molecule is COc1ccccc1-n1c(-c2cccs2)nn(CN2CCCC2)c1=S. The predicted octanol–water partition coefficient (Wildman–Crippen LogP) is 4.19. The number of aromatic nitrogens is 3. The summed E-state index contributed by atoms with van der Waals surface area (Å²) in [5, 5.41) is 6.92. The molecule has 1 fully saturated rings. The number of thiophene rings is 1. The van der Waals surface area contributed by atoms with Gasteiger partial charge in [-0.25, -0.2) is 4.68 Å². The number of rotatable bonds is 5. The van der Waals surface area contributed by atoms with E-state index in [0.717, 1.165) is 41.9 Å². The van der Waals surface area contributed by atoms with Crippen LogP contribution in [0.25, 0.3) is 16.4 Å². The summed E-state index contributed by atoms with van der Waals surface area (Å²) in [6, 6.07) is 12.0. The van der Waals surface area contributed by atoms with Crippen LogP contribution in [0.15, 0.2) is 41.8 Å². The van der Waals surface area contributed by atoms with Crippen molar-refractivity contribution in [3.63, 3.8) is 0 Å². The van der Waals surface area contributed by atoms with Gasteiger partial charge in [0.25, 0.3) is 0 Å². The maximum atomic E-state index is 5.80. The third-order valence-corrected chi connectivity index (χ3v) is 5.70. The average molecular weight is 373 g/mol. The molecule has 1 aliphatic rings. The van der Waals surface area contributed by atoms with E-state index in [1.54, 1.807) is 18.4 Å². The van der Waals surface area contributed by atoms with E-state index in [0.29, 0.717) is 4.77 Å². The Balaban J connectivity index is 1.86. The molecule has 0 aliphatic carbocycles. The van der Waals surface area contributed by atoms with Crippen LogP contribution in [0.3, 0.4) is 0 Å². The van der Waals surface area contributed by atoms with Crippen LogP contribution in [0, 0.1) is 4.77 Å². The van der Waals surface area contributed by atoms with Gasteiger partial charge in [-0.05, 0) is 61.7 Å². The summed E-state index contributed by atoms with van der Waals surface area (Å²) >= 11 is 7.46. The highest BCUT2D eigenvalue weighted by molar-refractivity contribution is 7.71. The fraction of sp³-hybridized carbons (Fsp3) is 0.333. The molecular weight excluding hydrogens is 352 g/mol. The Hall–Kier alpha value is -1.96. The van der Waals surface area contributed by atoms with Crippen LogP contribution < -0.4 is 4.74 Å². The fourth-order valence-corrected chi connectivity index (χ4v) is 4.19. The Morgan fingerprint density at radius 3 is 2.68 bits per heavy atom. The Bertz CT molecular complexity index is 908. The van der Waals surface area contributed by atoms with E-state index < -0.39 is 0 Å². The van der Waals surface area contributed by atoms with Crippen molar-refractivity contribution >= 4 is 23.6 Å². The van der Waals surface area contributed by atoms with Crippen molar-refractivity contribution in [3.05, 3.63) is 46.5 Å². The van der Waals surface area contributed by atoms with Gasteiger partial charge >= 0.3 is 0 Å². The van der Waals surface area contributed by atoms with Gasteiger partial charge in [0.15, 0.2) is 5.82 Å². The molecule has 0 radical (unpaired) electrons. The Morgan fingerprint density at radius 1 is 1.16 bits per heavy atom. The third kappa shape index (κ3) is 3.15. The van der Waals surface area contributed by atoms with Gasteiger partial charge in [0.05, 0.1) is 24.3 Å². The Kier molecular flexibility index (Phi) is 4.70. The Labute approximate surface area is 156 Å². The van der Waals surface area contributed by atoms with Crippen molar-refractivity contribution in [3.8, 4) is 22.1 Å². The van der Waals surface area contributed by atoms with Gasteiger partial charge in [0.1, 0.15) is 5.75 Å². The standard InChI is InChI=1S/C18H20N4OS2/c1-23-15-8-3-2-7-14(15)22-17(16-9-6-12-25-16)19-21(18(22)24)13-20-10-4-5-11-20/h2-3,6-9,12H,4-5,10-11,13H2,1H3. The topological polar surface area (TPSA) is 35.2 Å². The Morgan fingerprint density at radius 2 is 1.96 bits per heavy atom. The summed E-state index contributed by atoms with van der Waals surface area (Å²) in [6.07, 6.45) is 2.50. The van der Waals surface area contributed by atoms with Gasteiger partial charge in [0.2, 0.25) is 4.77 Å². The molecule has 25 heavy (non-hydrogen) atoms. The molecule has 2 aromatic heterocycles. The zero-order valence-corrected chi connectivity index (χ0v) is 15.7. The van der Waals surface area contributed by atoms with Crippen molar-refractivity contribution < 1.29 is 4.74 Å². The maximum Gasteiger partial charge on any atom is 0.204 e. The van der Waals surface area contributed by atoms with E-state index in [-0.39, 0.29) is 0 Å². The highest BCUT2D eigenvalue weighted by Crippen LogP contribution is 2.30. The normalized spacial score (nSPS) is 14.9. The lowest BCUT2D eigenvalue weighted by atomic mass is 10.3. The minimum atomic E-state index is 0.694. The van der Waals surface area contributed by atoms with Crippen LogP contribution in [0.1, 0.15) is 12.8 Å². The molecule has 1 saturated heterocycles. The maximum absolute atomic E-state index is 5.80. The lowest BCUT2D eigenvalue weighted by molar-refractivity contribution is 0.253. The van der Waals surface area contributed by atoms with Crippen molar-refractivity contribution in [2.45, 2.75) is 19.5 Å². The predicted molar refractivity (Wildman–Crippen MR) is 103 cm³/mol. The summed E-state index contributed by atoms with van der Waals surface area (Å²) in [5.74, 6) is 1.65. The average Bonchev–Trinajstić information content (AvgIpc) is 3.38. The zero-order valence-electron chi connectivity index (χ0n) is 14.1. The first-order valence-electron chi connectivity index (χ1n) is 8.37. The van der Waals surface area contributed by atoms with Gasteiger partial charge in [-0.2, -0.15) is 0 Å². The van der Waals surface area contributed by atoms with Crippen molar-refractivity contribution in [1.29, 1.82) is 0 Å². The van der Waals surface area contributed by atoms with Crippen LogP contribution in [-0.4, -0.2) is 39.4 Å². The first-order valence-corrected chi connectivity index (χ1v) is 9.66. The molecule has 130 valence electrons. The van der Waals surface area contributed by atoms with Crippen LogP contribution in [0.4, 0.5) is 0 Å². The molecule has 0 N–H and O–H groups in total. The van der Waals surface area contributed by atoms with Crippen LogP contribution in [-0.2, 0) is 6.67 Å². The minimum Gasteiger partial charge on any atom is -0.495 e. The molecule has 3 aromatic rings. The molecule has 1 aliphatic heterocycles. The van der Waals surface area contributed by atoms with Gasteiger partial charge in [0, 0.05) is 0 Å². The second-order valence-electron chi connectivity index (χ2n) is 6.06. The van der Waals surface area contributed by atoms with Crippen LogP contribution in [0.5, 0.6) is 5.75 Å². The van der Waals surface area contributed by atoms with Gasteiger partial charge in [-0.1, -0.05) is 18.2 Å². The monoisotopic (exact) mass is 372 g/mol. The minimum absolute atomic E-state index is 0.694. The first-order chi connectivity index (χ1) is 12.3. The largest absolute Gasteiger partial charge is 0.495 e. The van der Waals surface area contributed by atoms with Crippen molar-refractivity contribution in [1.82, 2.24) is 19.2 Å². The van der Waals surface area contributed by atoms with Gasteiger partial charge in [-0.15, -0.1) is 16.4 Å². The van der Waals surface area contributed by atoms with E-state index in [2.05, 4.69) is 16.3 Å². The number of hydrogen-bond donors (Lipinski definition) is 0. The van der Waals surface area contributed by atoms with Crippen LogP contribution in [0.2, 0.25) is 0 Å². The summed E-state index contributed by atoms with van der Waals surface area (Å²) in [6.45, 7) is 2.95. The van der Waals surface area contributed by atoms with Gasteiger partial charge in [-0.3, -0.25) is 9.47 Å². The highest BCUT2D eigenvalue weighted by atomic mass is 32.1. The summed E-state index contributed by atoms with van der Waals surface area (Å²) in [4.78, 5) is 3.49. The molecule has 7 heteroatoms. The van der Waals surface area contributed by atoms with E-state index in [1.165, 1.54) is 12.8 Å². The number of methoxy groups -OCH3 is 1. The number of likely N-dealkylation sites (tertiary alicyclic amines) is 1. The van der Waals surface area contributed by atoms with Crippen molar-refractivity contribution in [2.75, 3.05) is 20.2 Å². The molecule has 5 nitrogen and oxygen atoms in total. The lowest BCUT2D eigenvalue weighted by Crippen LogP contribution is -2.23. The summed E-state index contributed by atoms with van der Waals surface area (Å²) in [7, 11) is 1.68. The van der Waals surface area contributed by atoms with E-state index in [9.17, 15) is 0 Å². The second-order valence-corrected chi connectivity index (χ2v) is 7.37. The second kappa shape index (κ2) is 7.11. The molecule has 0 bridgehead atoms. The number of ether oxygens (including phenoxy) is 1. The molecule has 0 amide bonds.